The molecule has 2 heterocycles. The minimum absolute atomic E-state index is 0.249. The molecule has 2 aromatic heterocycles. The first-order valence-electron chi connectivity index (χ1n) is 5.01. The van der Waals surface area contributed by atoms with E-state index in [1.54, 1.807) is 16.6 Å². The van der Waals surface area contributed by atoms with Gasteiger partial charge >= 0.3 is 0 Å². The first-order valence-corrected chi connectivity index (χ1v) is 5.80. The molecular formula is C12H7BrFN3. The smallest absolute Gasteiger partial charge is 0.212 e. The van der Waals surface area contributed by atoms with Crippen molar-refractivity contribution < 1.29 is 4.39 Å². The third-order valence-corrected chi connectivity index (χ3v) is 2.81. The average molecular weight is 292 g/mol. The van der Waals surface area contributed by atoms with Crippen LogP contribution in [0.3, 0.4) is 0 Å². The molecule has 0 bridgehead atoms. The SMILES string of the molecule is Fc1ccc(-c2cccc3nc(Br)nn23)cc1. The molecule has 0 radical (unpaired) electrons. The Morgan fingerprint density at radius 2 is 1.82 bits per heavy atom. The maximum Gasteiger partial charge on any atom is 0.218 e. The number of nitrogens with zero attached hydrogens (tertiary/aromatic N) is 3. The third-order valence-electron chi connectivity index (χ3n) is 2.47. The summed E-state index contributed by atoms with van der Waals surface area (Å²) in [6.45, 7) is 0. The fraction of sp³-hybridized carbons (Fsp3) is 0. The lowest BCUT2D eigenvalue weighted by Crippen LogP contribution is -1.93. The van der Waals surface area contributed by atoms with Crippen molar-refractivity contribution in [3.8, 4) is 11.3 Å². The van der Waals surface area contributed by atoms with Crippen molar-refractivity contribution in [2.75, 3.05) is 0 Å². The first-order chi connectivity index (χ1) is 8.24. The fourth-order valence-electron chi connectivity index (χ4n) is 1.72. The zero-order valence-corrected chi connectivity index (χ0v) is 10.2. The lowest BCUT2D eigenvalue weighted by atomic mass is 10.1. The maximum atomic E-state index is 12.9. The Morgan fingerprint density at radius 3 is 2.59 bits per heavy atom. The highest BCUT2D eigenvalue weighted by Gasteiger charge is 2.06. The molecule has 17 heavy (non-hydrogen) atoms. The van der Waals surface area contributed by atoms with E-state index in [0.717, 1.165) is 16.9 Å². The lowest BCUT2D eigenvalue weighted by molar-refractivity contribution is 0.628. The predicted molar refractivity (Wildman–Crippen MR) is 66.1 cm³/mol. The number of aromatic nitrogens is 3. The van der Waals surface area contributed by atoms with Crippen LogP contribution in [0.4, 0.5) is 4.39 Å². The molecule has 3 rings (SSSR count). The molecule has 0 N–H and O–H groups in total. The largest absolute Gasteiger partial charge is 0.218 e. The second-order valence-electron chi connectivity index (χ2n) is 3.57. The van der Waals surface area contributed by atoms with Crippen LogP contribution in [0.5, 0.6) is 0 Å². The number of fused-ring (bicyclic) bond motifs is 1. The van der Waals surface area contributed by atoms with E-state index in [2.05, 4.69) is 26.0 Å². The standard InChI is InChI=1S/C12H7BrFN3/c13-12-15-11-3-1-2-10(17(11)16-12)8-4-6-9(14)7-5-8/h1-7H. The van der Waals surface area contributed by atoms with Crippen LogP contribution in [0.1, 0.15) is 0 Å². The van der Waals surface area contributed by atoms with E-state index in [0.29, 0.717) is 4.73 Å². The minimum atomic E-state index is -0.249. The van der Waals surface area contributed by atoms with E-state index >= 15 is 0 Å². The number of rotatable bonds is 1. The van der Waals surface area contributed by atoms with Crippen molar-refractivity contribution in [3.05, 3.63) is 53.0 Å². The summed E-state index contributed by atoms with van der Waals surface area (Å²) in [7, 11) is 0. The Bertz CT molecular complexity index is 676. The van der Waals surface area contributed by atoms with E-state index in [1.807, 2.05) is 18.2 Å². The van der Waals surface area contributed by atoms with Crippen molar-refractivity contribution in [1.82, 2.24) is 14.6 Å². The molecule has 84 valence electrons. The molecule has 3 aromatic rings. The van der Waals surface area contributed by atoms with Crippen LogP contribution in [0.15, 0.2) is 47.2 Å². The van der Waals surface area contributed by atoms with Gasteiger partial charge in [0.1, 0.15) is 5.82 Å². The van der Waals surface area contributed by atoms with Crippen LogP contribution in [-0.2, 0) is 0 Å². The Labute approximate surface area is 105 Å². The van der Waals surface area contributed by atoms with Crippen molar-refractivity contribution in [2.24, 2.45) is 0 Å². The molecular weight excluding hydrogens is 285 g/mol. The van der Waals surface area contributed by atoms with Gasteiger partial charge in [-0.1, -0.05) is 6.07 Å². The van der Waals surface area contributed by atoms with Crippen LogP contribution < -0.4 is 0 Å². The highest BCUT2D eigenvalue weighted by Crippen LogP contribution is 2.21. The normalized spacial score (nSPS) is 10.9. The Kier molecular flexibility index (Phi) is 2.40. The van der Waals surface area contributed by atoms with Gasteiger partial charge in [0.15, 0.2) is 5.65 Å². The van der Waals surface area contributed by atoms with E-state index in [1.165, 1.54) is 12.1 Å². The van der Waals surface area contributed by atoms with Crippen molar-refractivity contribution in [3.63, 3.8) is 0 Å². The average Bonchev–Trinajstić information content (AvgIpc) is 2.70. The number of hydrogen-bond acceptors (Lipinski definition) is 2. The Balaban J connectivity index is 2.26. The number of halogens is 2. The predicted octanol–water partition coefficient (Wildman–Crippen LogP) is 3.30. The molecule has 0 amide bonds. The third kappa shape index (κ3) is 1.82. The summed E-state index contributed by atoms with van der Waals surface area (Å²) in [5.41, 5.74) is 2.52. The van der Waals surface area contributed by atoms with Crippen LogP contribution in [0, 0.1) is 5.82 Å². The Hall–Kier alpha value is -1.75. The highest BCUT2D eigenvalue weighted by molar-refractivity contribution is 9.10. The molecule has 0 fully saturated rings. The van der Waals surface area contributed by atoms with Crippen LogP contribution >= 0.6 is 15.9 Å². The zero-order chi connectivity index (χ0) is 11.8. The highest BCUT2D eigenvalue weighted by atomic mass is 79.9. The second kappa shape index (κ2) is 3.92. The van der Waals surface area contributed by atoms with Gasteiger partial charge in [0, 0.05) is 5.56 Å². The van der Waals surface area contributed by atoms with Gasteiger partial charge in [-0.25, -0.2) is 13.9 Å². The van der Waals surface area contributed by atoms with Gasteiger partial charge in [-0.3, -0.25) is 0 Å². The monoisotopic (exact) mass is 291 g/mol. The molecule has 0 aliphatic carbocycles. The van der Waals surface area contributed by atoms with Crippen molar-refractivity contribution in [1.29, 1.82) is 0 Å². The molecule has 0 unspecified atom stereocenters. The van der Waals surface area contributed by atoms with E-state index < -0.39 is 0 Å². The molecule has 0 atom stereocenters. The zero-order valence-electron chi connectivity index (χ0n) is 8.64. The quantitative estimate of drug-likeness (QED) is 0.689. The molecule has 3 nitrogen and oxygen atoms in total. The summed E-state index contributed by atoms with van der Waals surface area (Å²) in [5, 5.41) is 4.24. The second-order valence-corrected chi connectivity index (χ2v) is 4.28. The van der Waals surface area contributed by atoms with Crippen molar-refractivity contribution >= 4 is 21.6 Å². The van der Waals surface area contributed by atoms with Gasteiger partial charge in [0.25, 0.3) is 0 Å². The van der Waals surface area contributed by atoms with E-state index in [4.69, 9.17) is 0 Å². The summed E-state index contributed by atoms with van der Waals surface area (Å²) < 4.78 is 15.1. The van der Waals surface area contributed by atoms with E-state index in [-0.39, 0.29) is 5.82 Å². The van der Waals surface area contributed by atoms with Crippen LogP contribution in [0.25, 0.3) is 16.9 Å². The fourth-order valence-corrected chi connectivity index (χ4v) is 2.06. The molecule has 0 aliphatic rings. The summed E-state index contributed by atoms with van der Waals surface area (Å²) in [4.78, 5) is 4.21. The summed E-state index contributed by atoms with van der Waals surface area (Å²) in [5.74, 6) is -0.249. The molecule has 5 heteroatoms. The van der Waals surface area contributed by atoms with Gasteiger partial charge in [0.2, 0.25) is 4.73 Å². The summed E-state index contributed by atoms with van der Waals surface area (Å²) >= 11 is 3.24. The van der Waals surface area contributed by atoms with Gasteiger partial charge in [-0.15, -0.1) is 5.10 Å². The molecule has 0 saturated carbocycles. The number of hydrogen-bond donors (Lipinski definition) is 0. The lowest BCUT2D eigenvalue weighted by Gasteiger charge is -2.03. The summed E-state index contributed by atoms with van der Waals surface area (Å²) in [6.07, 6.45) is 0. The summed E-state index contributed by atoms with van der Waals surface area (Å²) in [6, 6.07) is 12.0. The maximum absolute atomic E-state index is 12.9. The van der Waals surface area contributed by atoms with Crippen LogP contribution in [0.2, 0.25) is 0 Å². The number of benzene rings is 1. The van der Waals surface area contributed by atoms with E-state index in [9.17, 15) is 4.39 Å². The minimum Gasteiger partial charge on any atom is -0.212 e. The van der Waals surface area contributed by atoms with Gasteiger partial charge in [-0.05, 0) is 52.3 Å². The topological polar surface area (TPSA) is 30.2 Å². The van der Waals surface area contributed by atoms with Gasteiger partial charge in [0.05, 0.1) is 5.69 Å². The van der Waals surface area contributed by atoms with Crippen LogP contribution in [-0.4, -0.2) is 14.6 Å². The van der Waals surface area contributed by atoms with Crippen molar-refractivity contribution in [2.45, 2.75) is 0 Å². The molecule has 0 spiro atoms. The van der Waals surface area contributed by atoms with Gasteiger partial charge in [-0.2, -0.15) is 0 Å². The molecule has 0 aliphatic heterocycles. The number of pyridine rings is 1. The molecule has 1 aromatic carbocycles. The first kappa shape index (κ1) is 10.4. The van der Waals surface area contributed by atoms with Gasteiger partial charge < -0.3 is 0 Å². The Morgan fingerprint density at radius 1 is 1.06 bits per heavy atom. The molecule has 0 saturated heterocycles.